The Morgan fingerprint density at radius 3 is 2.63 bits per heavy atom. The smallest absolute Gasteiger partial charge is 0.148 e. The zero-order valence-corrected chi connectivity index (χ0v) is 13.6. The van der Waals surface area contributed by atoms with Crippen LogP contribution >= 0.6 is 15.9 Å². The van der Waals surface area contributed by atoms with Crippen LogP contribution in [-0.4, -0.2) is 29.6 Å². The van der Waals surface area contributed by atoms with E-state index in [0.29, 0.717) is 5.41 Å². The van der Waals surface area contributed by atoms with Crippen molar-refractivity contribution in [1.82, 2.24) is 9.97 Å². The van der Waals surface area contributed by atoms with Gasteiger partial charge in [0.2, 0.25) is 0 Å². The number of hydrogen-bond donors (Lipinski definition) is 1. The fourth-order valence-corrected chi connectivity index (χ4v) is 3.41. The molecule has 2 rings (SSSR count). The maximum atomic E-state index is 4.47. The molecule has 0 spiro atoms. The monoisotopic (exact) mass is 326 g/mol. The SMILES string of the molecule is CCNc1ncnc(N2CCC(CC)(CC)C2)c1Br. The molecule has 1 aromatic heterocycles. The fraction of sp³-hybridized carbons (Fsp3) is 0.714. The zero-order valence-electron chi connectivity index (χ0n) is 12.0. The zero-order chi connectivity index (χ0) is 13.9. The van der Waals surface area contributed by atoms with Crippen molar-refractivity contribution in [3.63, 3.8) is 0 Å². The number of nitrogens with one attached hydrogen (secondary N) is 1. The Balaban J connectivity index is 2.22. The van der Waals surface area contributed by atoms with E-state index in [1.807, 2.05) is 0 Å². The summed E-state index contributed by atoms with van der Waals surface area (Å²) in [5.74, 6) is 1.91. The Kier molecular flexibility index (Phi) is 4.66. The average Bonchev–Trinajstić information content (AvgIpc) is 2.86. The number of nitrogens with zero attached hydrogens (tertiary/aromatic N) is 3. The van der Waals surface area contributed by atoms with Crippen molar-refractivity contribution in [1.29, 1.82) is 0 Å². The molecule has 106 valence electrons. The van der Waals surface area contributed by atoms with Crippen LogP contribution in [0.2, 0.25) is 0 Å². The predicted molar refractivity (Wildman–Crippen MR) is 83.7 cm³/mol. The lowest BCUT2D eigenvalue weighted by Crippen LogP contribution is -2.27. The summed E-state index contributed by atoms with van der Waals surface area (Å²) in [6.45, 7) is 9.72. The molecule has 1 N–H and O–H groups in total. The van der Waals surface area contributed by atoms with E-state index in [2.05, 4.69) is 56.9 Å². The number of halogens is 1. The number of rotatable bonds is 5. The molecule has 0 aromatic carbocycles. The molecule has 0 aliphatic carbocycles. The van der Waals surface area contributed by atoms with E-state index in [0.717, 1.165) is 35.7 Å². The first-order chi connectivity index (χ1) is 9.15. The number of anilines is 2. The predicted octanol–water partition coefficient (Wildman–Crippen LogP) is 3.69. The highest BCUT2D eigenvalue weighted by molar-refractivity contribution is 9.10. The van der Waals surface area contributed by atoms with Gasteiger partial charge in [-0.05, 0) is 47.5 Å². The first-order valence-electron chi connectivity index (χ1n) is 7.15. The molecule has 0 bridgehead atoms. The quantitative estimate of drug-likeness (QED) is 0.895. The van der Waals surface area contributed by atoms with Crippen LogP contribution in [0, 0.1) is 5.41 Å². The molecule has 1 aliphatic rings. The minimum atomic E-state index is 0.461. The van der Waals surface area contributed by atoms with Gasteiger partial charge in [0.25, 0.3) is 0 Å². The molecule has 1 aromatic rings. The molecule has 0 amide bonds. The highest BCUT2D eigenvalue weighted by Gasteiger charge is 2.36. The number of hydrogen-bond acceptors (Lipinski definition) is 4. The summed E-state index contributed by atoms with van der Waals surface area (Å²) >= 11 is 3.64. The normalized spacial score (nSPS) is 17.8. The highest BCUT2D eigenvalue weighted by atomic mass is 79.9. The van der Waals surface area contributed by atoms with E-state index in [1.165, 1.54) is 19.3 Å². The molecule has 2 heterocycles. The fourth-order valence-electron chi connectivity index (χ4n) is 2.81. The molecule has 4 nitrogen and oxygen atoms in total. The van der Waals surface area contributed by atoms with Gasteiger partial charge in [-0.15, -0.1) is 0 Å². The third-order valence-electron chi connectivity index (χ3n) is 4.35. The van der Waals surface area contributed by atoms with Crippen LogP contribution < -0.4 is 10.2 Å². The second-order valence-electron chi connectivity index (χ2n) is 5.27. The third-order valence-corrected chi connectivity index (χ3v) is 5.08. The molecule has 0 saturated carbocycles. The Labute approximate surface area is 124 Å². The number of aromatic nitrogens is 2. The van der Waals surface area contributed by atoms with Gasteiger partial charge in [-0.1, -0.05) is 13.8 Å². The summed E-state index contributed by atoms with van der Waals surface area (Å²) in [6, 6.07) is 0. The van der Waals surface area contributed by atoms with Gasteiger partial charge in [-0.3, -0.25) is 0 Å². The van der Waals surface area contributed by atoms with Gasteiger partial charge in [-0.25, -0.2) is 9.97 Å². The lowest BCUT2D eigenvalue weighted by Gasteiger charge is -2.27. The van der Waals surface area contributed by atoms with E-state index in [4.69, 9.17) is 0 Å². The second kappa shape index (κ2) is 6.07. The Bertz CT molecular complexity index is 431. The summed E-state index contributed by atoms with van der Waals surface area (Å²) in [6.07, 6.45) is 5.38. The minimum Gasteiger partial charge on any atom is -0.369 e. The van der Waals surface area contributed by atoms with E-state index in [-0.39, 0.29) is 0 Å². The molecular weight excluding hydrogens is 304 g/mol. The van der Waals surface area contributed by atoms with Crippen LogP contribution in [0.3, 0.4) is 0 Å². The lowest BCUT2D eigenvalue weighted by molar-refractivity contribution is 0.301. The van der Waals surface area contributed by atoms with Crippen LogP contribution in [0.15, 0.2) is 10.8 Å². The van der Waals surface area contributed by atoms with E-state index < -0.39 is 0 Å². The van der Waals surface area contributed by atoms with Gasteiger partial charge in [0.15, 0.2) is 0 Å². The minimum absolute atomic E-state index is 0.461. The summed E-state index contributed by atoms with van der Waals surface area (Å²) in [5, 5.41) is 3.26. The Morgan fingerprint density at radius 1 is 1.32 bits per heavy atom. The molecule has 0 unspecified atom stereocenters. The van der Waals surface area contributed by atoms with Crippen molar-refractivity contribution in [2.45, 2.75) is 40.0 Å². The summed E-state index contributed by atoms with van der Waals surface area (Å²) < 4.78 is 0.986. The largest absolute Gasteiger partial charge is 0.369 e. The van der Waals surface area contributed by atoms with Gasteiger partial charge in [0.05, 0.1) is 0 Å². The van der Waals surface area contributed by atoms with Crippen molar-refractivity contribution in [3.8, 4) is 0 Å². The first-order valence-corrected chi connectivity index (χ1v) is 7.94. The van der Waals surface area contributed by atoms with Crippen molar-refractivity contribution < 1.29 is 0 Å². The van der Waals surface area contributed by atoms with E-state index >= 15 is 0 Å². The topological polar surface area (TPSA) is 41.1 Å². The van der Waals surface area contributed by atoms with Crippen LogP contribution in [-0.2, 0) is 0 Å². The van der Waals surface area contributed by atoms with Gasteiger partial charge in [-0.2, -0.15) is 0 Å². The van der Waals surface area contributed by atoms with Gasteiger partial charge < -0.3 is 10.2 Å². The molecule has 1 fully saturated rings. The first kappa shape index (κ1) is 14.6. The van der Waals surface area contributed by atoms with E-state index in [9.17, 15) is 0 Å². The molecular formula is C14H23BrN4. The van der Waals surface area contributed by atoms with Crippen molar-refractivity contribution in [3.05, 3.63) is 10.8 Å². The maximum Gasteiger partial charge on any atom is 0.148 e. The van der Waals surface area contributed by atoms with Crippen molar-refractivity contribution in [2.24, 2.45) is 5.41 Å². The van der Waals surface area contributed by atoms with Crippen LogP contribution in [0.5, 0.6) is 0 Å². The maximum absolute atomic E-state index is 4.47. The lowest BCUT2D eigenvalue weighted by atomic mass is 9.82. The standard InChI is InChI=1S/C14H23BrN4/c1-4-14(5-2)7-8-19(9-14)13-11(15)12(16-6-3)17-10-18-13/h10H,4-9H2,1-3H3,(H,16,17,18). The Hall–Kier alpha value is -0.840. The third kappa shape index (κ3) is 2.86. The Morgan fingerprint density at radius 2 is 2.05 bits per heavy atom. The summed E-state index contributed by atoms with van der Waals surface area (Å²) in [5.41, 5.74) is 0.461. The van der Waals surface area contributed by atoms with Gasteiger partial charge in [0.1, 0.15) is 22.4 Å². The molecule has 19 heavy (non-hydrogen) atoms. The molecule has 0 atom stereocenters. The summed E-state index contributed by atoms with van der Waals surface area (Å²) in [7, 11) is 0. The molecule has 1 aliphatic heterocycles. The average molecular weight is 327 g/mol. The van der Waals surface area contributed by atoms with Gasteiger partial charge >= 0.3 is 0 Å². The second-order valence-corrected chi connectivity index (χ2v) is 6.06. The van der Waals surface area contributed by atoms with E-state index in [1.54, 1.807) is 6.33 Å². The van der Waals surface area contributed by atoms with Crippen molar-refractivity contribution >= 4 is 27.6 Å². The highest BCUT2D eigenvalue weighted by Crippen LogP contribution is 2.41. The van der Waals surface area contributed by atoms with Crippen molar-refractivity contribution in [2.75, 3.05) is 29.9 Å². The summed E-state index contributed by atoms with van der Waals surface area (Å²) in [4.78, 5) is 11.1. The van der Waals surface area contributed by atoms with Crippen LogP contribution in [0.1, 0.15) is 40.0 Å². The molecule has 5 heteroatoms. The molecule has 1 saturated heterocycles. The van der Waals surface area contributed by atoms with Gasteiger partial charge in [0, 0.05) is 19.6 Å². The molecule has 0 radical (unpaired) electrons. The van der Waals surface area contributed by atoms with Crippen LogP contribution in [0.4, 0.5) is 11.6 Å². The van der Waals surface area contributed by atoms with Crippen LogP contribution in [0.25, 0.3) is 0 Å².